The number of likely N-dealkylation sites (tertiary alicyclic amines) is 1. The molecule has 140 valence electrons. The molecular weight excluding hydrogens is 473 g/mol. The van der Waals surface area contributed by atoms with Crippen molar-refractivity contribution in [2.45, 2.75) is 31.7 Å². The van der Waals surface area contributed by atoms with E-state index in [-0.39, 0.29) is 46.5 Å². The zero-order valence-electron chi connectivity index (χ0n) is 13.9. The fourth-order valence-electron chi connectivity index (χ4n) is 3.11. The molecule has 2 aromatic rings. The summed E-state index contributed by atoms with van der Waals surface area (Å²) in [7, 11) is 0. The molecule has 0 spiro atoms. The summed E-state index contributed by atoms with van der Waals surface area (Å²) in [6.45, 7) is 1.11. The topological polar surface area (TPSA) is 59.2 Å². The first-order valence-electron chi connectivity index (χ1n) is 8.12. The minimum Gasteiger partial charge on any atom is -0.341 e. The van der Waals surface area contributed by atoms with Gasteiger partial charge in [0.25, 0.3) is 0 Å². The Kier molecular flexibility index (Phi) is 9.48. The first-order chi connectivity index (χ1) is 11.2. The molecule has 1 amide bonds. The lowest BCUT2D eigenvalue weighted by Crippen LogP contribution is -2.48. The highest BCUT2D eigenvalue weighted by Crippen LogP contribution is 2.24. The van der Waals surface area contributed by atoms with E-state index in [0.29, 0.717) is 31.8 Å². The lowest BCUT2D eigenvalue weighted by Gasteiger charge is -2.33. The summed E-state index contributed by atoms with van der Waals surface area (Å²) in [5.41, 5.74) is 7.07. The van der Waals surface area contributed by atoms with Crippen LogP contribution in [0.5, 0.6) is 0 Å². The quantitative estimate of drug-likeness (QED) is 0.682. The predicted molar refractivity (Wildman–Crippen MR) is 112 cm³/mol. The van der Waals surface area contributed by atoms with Crippen LogP contribution < -0.4 is 5.73 Å². The van der Waals surface area contributed by atoms with Crippen molar-refractivity contribution in [3.63, 3.8) is 0 Å². The Balaban J connectivity index is 0.00000156. The molecule has 4 nitrogen and oxygen atoms in total. The van der Waals surface area contributed by atoms with Crippen LogP contribution in [0, 0.1) is 5.92 Å². The van der Waals surface area contributed by atoms with Crippen LogP contribution in [0.4, 0.5) is 4.39 Å². The number of halogens is 3. The number of rotatable bonds is 5. The van der Waals surface area contributed by atoms with Gasteiger partial charge in [0.15, 0.2) is 0 Å². The number of alkyl halides is 1. The molecule has 1 atom stereocenters. The molecule has 0 radical (unpaired) electrons. The molecule has 0 aliphatic carbocycles. The summed E-state index contributed by atoms with van der Waals surface area (Å²) in [5.74, 6) is 0.396. The second-order valence-corrected chi connectivity index (χ2v) is 7.25. The molecule has 1 aliphatic rings. The predicted octanol–water partition coefficient (Wildman–Crippen LogP) is 3.92. The maximum absolute atomic E-state index is 12.5. The van der Waals surface area contributed by atoms with Crippen LogP contribution in [0.1, 0.15) is 24.3 Å². The van der Waals surface area contributed by atoms with Crippen molar-refractivity contribution >= 4 is 61.4 Å². The molecule has 0 saturated carbocycles. The van der Waals surface area contributed by atoms with E-state index in [1.165, 1.54) is 0 Å². The van der Waals surface area contributed by atoms with E-state index in [9.17, 15) is 9.18 Å². The number of thiazole rings is 1. The van der Waals surface area contributed by atoms with Crippen LogP contribution in [0.3, 0.4) is 0 Å². The van der Waals surface area contributed by atoms with E-state index >= 15 is 0 Å². The summed E-state index contributed by atoms with van der Waals surface area (Å²) in [6.07, 6.45) is 2.84. The molecule has 1 saturated heterocycles. The summed E-state index contributed by atoms with van der Waals surface area (Å²) in [6, 6.07) is 7.39. The molecule has 3 rings (SSSR count). The van der Waals surface area contributed by atoms with Crippen molar-refractivity contribution in [2.75, 3.05) is 19.8 Å². The van der Waals surface area contributed by atoms with E-state index < -0.39 is 6.04 Å². The monoisotopic (exact) mass is 495 g/mol. The van der Waals surface area contributed by atoms with Gasteiger partial charge < -0.3 is 10.6 Å². The first kappa shape index (κ1) is 22.5. The highest BCUT2D eigenvalue weighted by molar-refractivity contribution is 8.93. The third-order valence-electron chi connectivity index (χ3n) is 4.49. The van der Waals surface area contributed by atoms with Gasteiger partial charge in [0, 0.05) is 19.5 Å². The number of benzene rings is 1. The number of fused-ring (bicyclic) bond motifs is 1. The molecule has 2 N–H and O–H groups in total. The number of carbonyl (C=O) groups is 1. The standard InChI is InChI=1S/C17H22FN3OS.2BrH/c18-8-5-12-6-9-21(10-7-12)17(22)13(19)11-16-20-14-3-1-2-4-15(14)23-16;;/h1-4,12-13H,5-11,19H2;2*1H/t13-;;/m0../s1. The van der Waals surface area contributed by atoms with Gasteiger partial charge in [-0.3, -0.25) is 9.18 Å². The van der Waals surface area contributed by atoms with Crippen LogP contribution in [-0.2, 0) is 11.2 Å². The van der Waals surface area contributed by atoms with Gasteiger partial charge in [0.2, 0.25) is 5.91 Å². The molecule has 2 heterocycles. The van der Waals surface area contributed by atoms with E-state index in [1.54, 1.807) is 11.3 Å². The Morgan fingerprint density at radius 2 is 2.00 bits per heavy atom. The van der Waals surface area contributed by atoms with Crippen molar-refractivity contribution in [2.24, 2.45) is 11.7 Å². The third kappa shape index (κ3) is 5.70. The van der Waals surface area contributed by atoms with Crippen molar-refractivity contribution in [3.8, 4) is 0 Å². The van der Waals surface area contributed by atoms with Gasteiger partial charge in [0.1, 0.15) is 0 Å². The zero-order valence-corrected chi connectivity index (χ0v) is 18.1. The Bertz CT molecular complexity index is 644. The number of nitrogens with two attached hydrogens (primary N) is 1. The SMILES string of the molecule is Br.Br.N[C@@H](Cc1nc2ccccc2s1)C(=O)N1CCC(CCF)CC1. The van der Waals surface area contributed by atoms with Gasteiger partial charge in [0.05, 0.1) is 27.9 Å². The second kappa shape index (κ2) is 10.5. The average Bonchev–Trinajstić information content (AvgIpc) is 2.97. The van der Waals surface area contributed by atoms with E-state index in [1.807, 2.05) is 29.2 Å². The normalized spacial score (nSPS) is 16.2. The molecular formula is C17H24Br2FN3OS. The van der Waals surface area contributed by atoms with Crippen LogP contribution in [0.15, 0.2) is 24.3 Å². The van der Waals surface area contributed by atoms with Gasteiger partial charge in [-0.2, -0.15) is 0 Å². The highest BCUT2D eigenvalue weighted by Gasteiger charge is 2.26. The number of para-hydroxylation sites is 1. The number of nitrogens with zero attached hydrogens (tertiary/aromatic N) is 2. The number of amides is 1. The lowest BCUT2D eigenvalue weighted by molar-refractivity contribution is -0.134. The van der Waals surface area contributed by atoms with Gasteiger partial charge in [-0.25, -0.2) is 4.98 Å². The van der Waals surface area contributed by atoms with Crippen LogP contribution in [0.25, 0.3) is 10.2 Å². The summed E-state index contributed by atoms with van der Waals surface area (Å²) >= 11 is 1.59. The maximum Gasteiger partial charge on any atom is 0.239 e. The van der Waals surface area contributed by atoms with E-state index in [4.69, 9.17) is 5.73 Å². The molecule has 1 aromatic heterocycles. The minimum absolute atomic E-state index is 0. The Labute approximate surface area is 172 Å². The zero-order chi connectivity index (χ0) is 16.2. The molecule has 25 heavy (non-hydrogen) atoms. The van der Waals surface area contributed by atoms with Crippen molar-refractivity contribution < 1.29 is 9.18 Å². The maximum atomic E-state index is 12.5. The minimum atomic E-state index is -0.548. The second-order valence-electron chi connectivity index (χ2n) is 6.13. The average molecular weight is 497 g/mol. The number of piperidine rings is 1. The third-order valence-corrected chi connectivity index (χ3v) is 5.55. The van der Waals surface area contributed by atoms with E-state index in [2.05, 4.69) is 4.98 Å². The Hall–Kier alpha value is -0.570. The largest absolute Gasteiger partial charge is 0.341 e. The molecule has 8 heteroatoms. The number of carbonyl (C=O) groups excluding carboxylic acids is 1. The van der Waals surface area contributed by atoms with Gasteiger partial charge in [-0.15, -0.1) is 45.3 Å². The van der Waals surface area contributed by atoms with Gasteiger partial charge >= 0.3 is 0 Å². The van der Waals surface area contributed by atoms with Crippen LogP contribution in [-0.4, -0.2) is 41.6 Å². The molecule has 0 bridgehead atoms. The van der Waals surface area contributed by atoms with Gasteiger partial charge in [-0.05, 0) is 37.3 Å². The smallest absolute Gasteiger partial charge is 0.239 e. The van der Waals surface area contributed by atoms with Crippen LogP contribution >= 0.6 is 45.3 Å². The summed E-state index contributed by atoms with van der Waals surface area (Å²) < 4.78 is 13.5. The van der Waals surface area contributed by atoms with Crippen molar-refractivity contribution in [3.05, 3.63) is 29.3 Å². The fourth-order valence-corrected chi connectivity index (χ4v) is 4.14. The van der Waals surface area contributed by atoms with E-state index in [0.717, 1.165) is 28.1 Å². The number of aromatic nitrogens is 1. The lowest BCUT2D eigenvalue weighted by atomic mass is 9.93. The van der Waals surface area contributed by atoms with Gasteiger partial charge in [-0.1, -0.05) is 12.1 Å². The molecule has 1 aliphatic heterocycles. The first-order valence-corrected chi connectivity index (χ1v) is 8.94. The highest BCUT2D eigenvalue weighted by atomic mass is 79.9. The number of hydrogen-bond acceptors (Lipinski definition) is 4. The Morgan fingerprint density at radius 1 is 1.32 bits per heavy atom. The van der Waals surface area contributed by atoms with Crippen molar-refractivity contribution in [1.82, 2.24) is 9.88 Å². The molecule has 1 fully saturated rings. The Morgan fingerprint density at radius 3 is 2.64 bits per heavy atom. The van der Waals surface area contributed by atoms with Crippen LogP contribution in [0.2, 0.25) is 0 Å². The fraction of sp³-hybridized carbons (Fsp3) is 0.529. The molecule has 1 aromatic carbocycles. The van der Waals surface area contributed by atoms with Crippen molar-refractivity contribution in [1.29, 1.82) is 0 Å². The summed E-state index contributed by atoms with van der Waals surface area (Å²) in [5, 5.41) is 0.902. The number of hydrogen-bond donors (Lipinski definition) is 1. The summed E-state index contributed by atoms with van der Waals surface area (Å²) in [4.78, 5) is 18.9. The molecule has 0 unspecified atom stereocenters.